The van der Waals surface area contributed by atoms with Crippen LogP contribution in [0.25, 0.3) is 11.4 Å². The molecule has 1 aliphatic heterocycles. The molecule has 5 nitrogen and oxygen atoms in total. The van der Waals surface area contributed by atoms with Crippen molar-refractivity contribution < 1.29 is 13.2 Å². The van der Waals surface area contributed by atoms with Gasteiger partial charge in [0.1, 0.15) is 11.5 Å². The van der Waals surface area contributed by atoms with Gasteiger partial charge in [0, 0.05) is 17.7 Å². The molecule has 22 heavy (non-hydrogen) atoms. The minimum atomic E-state index is -4.43. The molecule has 0 amide bonds. The molecule has 1 saturated heterocycles. The predicted octanol–water partition coefficient (Wildman–Crippen LogP) is 2.77. The van der Waals surface area contributed by atoms with Crippen molar-refractivity contribution in [1.29, 1.82) is 0 Å². The lowest BCUT2D eigenvalue weighted by Gasteiger charge is -2.19. The first kappa shape index (κ1) is 16.7. The van der Waals surface area contributed by atoms with Gasteiger partial charge in [-0.25, -0.2) is 4.98 Å². The van der Waals surface area contributed by atoms with Crippen LogP contribution in [0.15, 0.2) is 18.3 Å². The van der Waals surface area contributed by atoms with Gasteiger partial charge in [0.05, 0.1) is 0 Å². The highest BCUT2D eigenvalue weighted by Gasteiger charge is 2.32. The zero-order valence-corrected chi connectivity index (χ0v) is 12.3. The number of halogens is 4. The first-order valence-electron chi connectivity index (χ1n) is 6.70. The molecule has 2 aromatic heterocycles. The minimum Gasteiger partial charge on any atom is -0.317 e. The summed E-state index contributed by atoms with van der Waals surface area (Å²) in [5.41, 5.74) is -0.445. The summed E-state index contributed by atoms with van der Waals surface area (Å²) < 4.78 is 37.4. The number of rotatable bonds is 2. The molecule has 1 fully saturated rings. The Hall–Kier alpha value is -1.67. The highest BCUT2D eigenvalue weighted by atomic mass is 35.5. The van der Waals surface area contributed by atoms with E-state index in [4.69, 9.17) is 0 Å². The van der Waals surface area contributed by atoms with Crippen molar-refractivity contribution in [3.05, 3.63) is 29.8 Å². The minimum absolute atomic E-state index is 0. The number of piperidine rings is 1. The zero-order valence-electron chi connectivity index (χ0n) is 11.5. The second-order valence-electron chi connectivity index (χ2n) is 5.00. The lowest BCUT2D eigenvalue weighted by atomic mass is 9.98. The van der Waals surface area contributed by atoms with Gasteiger partial charge in [-0.15, -0.1) is 12.4 Å². The Morgan fingerprint density at radius 1 is 1.14 bits per heavy atom. The highest BCUT2D eigenvalue weighted by Crippen LogP contribution is 2.29. The molecule has 0 spiro atoms. The van der Waals surface area contributed by atoms with Crippen LogP contribution in [0.3, 0.4) is 0 Å². The van der Waals surface area contributed by atoms with E-state index in [1.54, 1.807) is 0 Å². The van der Waals surface area contributed by atoms with Crippen LogP contribution in [-0.2, 0) is 6.18 Å². The lowest BCUT2D eigenvalue weighted by Crippen LogP contribution is -2.27. The van der Waals surface area contributed by atoms with Crippen molar-refractivity contribution >= 4 is 12.4 Å². The normalized spacial score (nSPS) is 16.3. The van der Waals surface area contributed by atoms with E-state index >= 15 is 0 Å². The molecule has 120 valence electrons. The Labute approximate surface area is 131 Å². The average Bonchev–Trinajstić information content (AvgIpc) is 2.97. The fourth-order valence-electron chi connectivity index (χ4n) is 2.38. The average molecular weight is 334 g/mol. The topological polar surface area (TPSA) is 66.5 Å². The third kappa shape index (κ3) is 3.56. The maximum Gasteiger partial charge on any atom is 0.433 e. The number of H-pyrrole nitrogens is 1. The number of hydrogen-bond acceptors (Lipinski definition) is 4. The third-order valence-corrected chi connectivity index (χ3v) is 3.54. The molecule has 2 aromatic rings. The molecule has 0 atom stereocenters. The Balaban J connectivity index is 0.00000176. The van der Waals surface area contributed by atoms with Gasteiger partial charge >= 0.3 is 6.18 Å². The van der Waals surface area contributed by atoms with Crippen molar-refractivity contribution in [1.82, 2.24) is 25.5 Å². The number of nitrogens with one attached hydrogen (secondary N) is 2. The smallest absolute Gasteiger partial charge is 0.317 e. The summed E-state index contributed by atoms with van der Waals surface area (Å²) in [6.45, 7) is 1.87. The summed E-state index contributed by atoms with van der Waals surface area (Å²) in [6, 6.07) is 2.28. The summed E-state index contributed by atoms with van der Waals surface area (Å²) in [5.74, 6) is 1.48. The first-order valence-corrected chi connectivity index (χ1v) is 6.70. The zero-order chi connectivity index (χ0) is 14.9. The second kappa shape index (κ2) is 6.62. The highest BCUT2D eigenvalue weighted by molar-refractivity contribution is 5.85. The molecule has 0 bridgehead atoms. The van der Waals surface area contributed by atoms with E-state index in [0.717, 1.165) is 44.0 Å². The van der Waals surface area contributed by atoms with E-state index in [9.17, 15) is 13.2 Å². The maximum atomic E-state index is 12.5. The van der Waals surface area contributed by atoms with Crippen LogP contribution >= 0.6 is 12.4 Å². The standard InChI is InChI=1S/C13H14F3N5.ClH/c14-13(15,16)10-2-1-9(7-18-10)12-19-11(20-21-12)8-3-5-17-6-4-8;/h1-2,7-8,17H,3-6H2,(H,19,20,21);1H. The van der Waals surface area contributed by atoms with Gasteiger partial charge in [0.25, 0.3) is 0 Å². The van der Waals surface area contributed by atoms with Gasteiger partial charge in [-0.2, -0.15) is 18.3 Å². The van der Waals surface area contributed by atoms with Crippen LogP contribution in [0.5, 0.6) is 0 Å². The van der Waals surface area contributed by atoms with Gasteiger partial charge in [0.2, 0.25) is 0 Å². The Morgan fingerprint density at radius 2 is 1.86 bits per heavy atom. The van der Waals surface area contributed by atoms with Crippen LogP contribution in [0.1, 0.15) is 30.3 Å². The van der Waals surface area contributed by atoms with Crippen molar-refractivity contribution in [2.45, 2.75) is 24.9 Å². The Bertz CT molecular complexity index is 605. The molecule has 3 heterocycles. The van der Waals surface area contributed by atoms with E-state index in [0.29, 0.717) is 17.3 Å². The molecule has 0 aromatic carbocycles. The number of aromatic nitrogens is 4. The molecular weight excluding hydrogens is 319 g/mol. The monoisotopic (exact) mass is 333 g/mol. The van der Waals surface area contributed by atoms with Crippen LogP contribution in [0.2, 0.25) is 0 Å². The molecule has 3 rings (SSSR count). The SMILES string of the molecule is Cl.FC(F)(F)c1ccc(-c2n[nH]c(C3CCNCC3)n2)cn1. The largest absolute Gasteiger partial charge is 0.433 e. The predicted molar refractivity (Wildman–Crippen MR) is 76.7 cm³/mol. The quantitative estimate of drug-likeness (QED) is 0.887. The summed E-state index contributed by atoms with van der Waals surface area (Å²) in [5, 5.41) is 10.2. The van der Waals surface area contributed by atoms with E-state index < -0.39 is 11.9 Å². The van der Waals surface area contributed by atoms with Crippen molar-refractivity contribution in [3.63, 3.8) is 0 Å². The number of alkyl halides is 3. The summed E-state index contributed by atoms with van der Waals surface area (Å²) in [7, 11) is 0. The van der Waals surface area contributed by atoms with E-state index in [-0.39, 0.29) is 12.4 Å². The molecule has 0 saturated carbocycles. The van der Waals surface area contributed by atoms with Crippen molar-refractivity contribution in [2.24, 2.45) is 0 Å². The molecule has 1 aliphatic rings. The van der Waals surface area contributed by atoms with E-state index in [1.165, 1.54) is 6.07 Å². The van der Waals surface area contributed by atoms with Crippen LogP contribution in [-0.4, -0.2) is 33.3 Å². The first-order chi connectivity index (χ1) is 10.0. The van der Waals surface area contributed by atoms with Crippen molar-refractivity contribution in [2.75, 3.05) is 13.1 Å². The summed E-state index contributed by atoms with van der Waals surface area (Å²) >= 11 is 0. The van der Waals surface area contributed by atoms with Crippen LogP contribution < -0.4 is 5.32 Å². The molecular formula is C13H15ClF3N5. The molecule has 0 radical (unpaired) electrons. The molecule has 0 unspecified atom stereocenters. The second-order valence-corrected chi connectivity index (χ2v) is 5.00. The number of pyridine rings is 1. The van der Waals surface area contributed by atoms with Gasteiger partial charge in [0.15, 0.2) is 5.82 Å². The fourth-order valence-corrected chi connectivity index (χ4v) is 2.38. The van der Waals surface area contributed by atoms with Crippen LogP contribution in [0.4, 0.5) is 13.2 Å². The third-order valence-electron chi connectivity index (χ3n) is 3.54. The summed E-state index contributed by atoms with van der Waals surface area (Å²) in [4.78, 5) is 7.80. The number of hydrogen-bond donors (Lipinski definition) is 2. The number of nitrogens with zero attached hydrogens (tertiary/aromatic N) is 3. The Kier molecular flexibility index (Phi) is 5.02. The molecule has 9 heteroatoms. The van der Waals surface area contributed by atoms with Gasteiger partial charge < -0.3 is 5.32 Å². The van der Waals surface area contributed by atoms with E-state index in [1.807, 2.05) is 0 Å². The fraction of sp³-hybridized carbons (Fsp3) is 0.462. The van der Waals surface area contributed by atoms with E-state index in [2.05, 4.69) is 25.5 Å². The van der Waals surface area contributed by atoms with Crippen LogP contribution in [0, 0.1) is 0 Å². The maximum absolute atomic E-state index is 12.5. The van der Waals surface area contributed by atoms with Gasteiger partial charge in [-0.3, -0.25) is 10.1 Å². The van der Waals surface area contributed by atoms with Gasteiger partial charge in [-0.1, -0.05) is 0 Å². The summed E-state index contributed by atoms with van der Waals surface area (Å²) in [6.07, 6.45) is -1.34. The lowest BCUT2D eigenvalue weighted by molar-refractivity contribution is -0.141. The number of aromatic amines is 1. The van der Waals surface area contributed by atoms with Crippen molar-refractivity contribution in [3.8, 4) is 11.4 Å². The van der Waals surface area contributed by atoms with Gasteiger partial charge in [-0.05, 0) is 38.1 Å². The molecule has 2 N–H and O–H groups in total. The molecule has 0 aliphatic carbocycles. The Morgan fingerprint density at radius 3 is 2.45 bits per heavy atom.